The number of carboxylic acids is 1. The lowest BCUT2D eigenvalue weighted by Gasteiger charge is -2.07. The molecule has 0 radical (unpaired) electrons. The zero-order valence-corrected chi connectivity index (χ0v) is 10.9. The Hall–Kier alpha value is -1.91. The number of aromatic carboxylic acids is 1. The normalized spacial score (nSPS) is 10.4. The number of hydrogen-bond donors (Lipinski definition) is 2. The van der Waals surface area contributed by atoms with Gasteiger partial charge in [-0.25, -0.2) is 4.79 Å². The Morgan fingerprint density at radius 3 is 2.63 bits per heavy atom. The molecule has 0 saturated carbocycles. The van der Waals surface area contributed by atoms with Gasteiger partial charge in [0.1, 0.15) is 0 Å². The second kappa shape index (κ2) is 6.31. The van der Waals surface area contributed by atoms with E-state index in [4.69, 9.17) is 16.7 Å². The van der Waals surface area contributed by atoms with Crippen molar-refractivity contribution in [2.24, 2.45) is 0 Å². The summed E-state index contributed by atoms with van der Waals surface area (Å²) >= 11 is 5.80. The molecule has 2 N–H and O–H groups in total. The number of pyridine rings is 1. The Labute approximate surface area is 116 Å². The van der Waals surface area contributed by atoms with Gasteiger partial charge in [0.2, 0.25) is 0 Å². The molecule has 0 amide bonds. The number of halogens is 1. The first kappa shape index (κ1) is 13.5. The van der Waals surface area contributed by atoms with E-state index in [-0.39, 0.29) is 5.56 Å². The highest BCUT2D eigenvalue weighted by Gasteiger charge is 2.09. The van der Waals surface area contributed by atoms with E-state index in [0.29, 0.717) is 23.8 Å². The lowest BCUT2D eigenvalue weighted by molar-refractivity contribution is 0.0695. The Bertz CT molecular complexity index is 570. The molecule has 1 heterocycles. The number of carboxylic acid groups (broad SMARTS) is 1. The van der Waals surface area contributed by atoms with E-state index in [1.54, 1.807) is 18.3 Å². The second-order valence-electron chi connectivity index (χ2n) is 4.03. The number of hydrogen-bond acceptors (Lipinski definition) is 3. The molecule has 0 aliphatic carbocycles. The molecule has 0 aliphatic heterocycles. The van der Waals surface area contributed by atoms with Crippen LogP contribution in [0.3, 0.4) is 0 Å². The molecule has 2 aromatic rings. The molecule has 0 spiro atoms. The summed E-state index contributed by atoms with van der Waals surface area (Å²) in [5.74, 6) is -0.962. The van der Waals surface area contributed by atoms with Crippen LogP contribution in [0.2, 0.25) is 5.02 Å². The molecular weight excluding hydrogens is 264 g/mol. The third kappa shape index (κ3) is 3.77. The van der Waals surface area contributed by atoms with Crippen molar-refractivity contribution >= 4 is 17.6 Å². The fourth-order valence-electron chi connectivity index (χ4n) is 1.70. The fourth-order valence-corrected chi connectivity index (χ4v) is 1.83. The monoisotopic (exact) mass is 276 g/mol. The van der Waals surface area contributed by atoms with Crippen LogP contribution in [-0.4, -0.2) is 16.1 Å². The summed E-state index contributed by atoms with van der Waals surface area (Å²) in [7, 11) is 0. The summed E-state index contributed by atoms with van der Waals surface area (Å²) in [4.78, 5) is 15.1. The Balaban J connectivity index is 1.96. The number of benzene rings is 1. The lowest BCUT2D eigenvalue weighted by atomic mass is 10.2. The van der Waals surface area contributed by atoms with Gasteiger partial charge in [0.15, 0.2) is 0 Å². The minimum absolute atomic E-state index is 0.228. The Kier molecular flexibility index (Phi) is 4.49. The topological polar surface area (TPSA) is 62.2 Å². The molecule has 19 heavy (non-hydrogen) atoms. The summed E-state index contributed by atoms with van der Waals surface area (Å²) < 4.78 is 0. The van der Waals surface area contributed by atoms with E-state index in [2.05, 4.69) is 10.3 Å². The smallest absolute Gasteiger partial charge is 0.337 e. The molecule has 0 atom stereocenters. The SMILES string of the molecule is O=C(O)c1cccnc1CNCc1ccc(Cl)cc1. The molecule has 5 heteroatoms. The Morgan fingerprint density at radius 1 is 1.21 bits per heavy atom. The Morgan fingerprint density at radius 2 is 1.95 bits per heavy atom. The van der Waals surface area contributed by atoms with Gasteiger partial charge in [0.25, 0.3) is 0 Å². The number of rotatable bonds is 5. The first-order valence-electron chi connectivity index (χ1n) is 5.79. The van der Waals surface area contributed by atoms with E-state index >= 15 is 0 Å². The molecule has 0 unspecified atom stereocenters. The van der Waals surface area contributed by atoms with Crippen LogP contribution in [-0.2, 0) is 13.1 Å². The van der Waals surface area contributed by atoms with Crippen LogP contribution in [0.1, 0.15) is 21.6 Å². The number of carbonyl (C=O) groups is 1. The maximum atomic E-state index is 11.0. The van der Waals surface area contributed by atoms with E-state index in [1.165, 1.54) is 0 Å². The fraction of sp³-hybridized carbons (Fsp3) is 0.143. The highest BCUT2D eigenvalue weighted by molar-refractivity contribution is 6.30. The molecule has 0 aliphatic rings. The third-order valence-corrected chi connectivity index (χ3v) is 2.91. The van der Waals surface area contributed by atoms with Gasteiger partial charge < -0.3 is 10.4 Å². The van der Waals surface area contributed by atoms with Crippen molar-refractivity contribution in [2.75, 3.05) is 0 Å². The van der Waals surface area contributed by atoms with Crippen molar-refractivity contribution in [3.05, 3.63) is 64.4 Å². The molecule has 1 aromatic carbocycles. The predicted molar refractivity (Wildman–Crippen MR) is 73.2 cm³/mol. The van der Waals surface area contributed by atoms with Crippen LogP contribution in [0, 0.1) is 0 Å². The molecule has 2 rings (SSSR count). The number of aromatic nitrogens is 1. The highest BCUT2D eigenvalue weighted by Crippen LogP contribution is 2.10. The first-order chi connectivity index (χ1) is 9.16. The summed E-state index contributed by atoms with van der Waals surface area (Å²) in [5.41, 5.74) is 1.84. The largest absolute Gasteiger partial charge is 0.478 e. The van der Waals surface area contributed by atoms with Crippen molar-refractivity contribution in [3.63, 3.8) is 0 Å². The highest BCUT2D eigenvalue weighted by atomic mass is 35.5. The van der Waals surface area contributed by atoms with Crippen LogP contribution >= 0.6 is 11.6 Å². The van der Waals surface area contributed by atoms with E-state index in [1.807, 2.05) is 24.3 Å². The van der Waals surface area contributed by atoms with Crippen molar-refractivity contribution in [1.29, 1.82) is 0 Å². The van der Waals surface area contributed by atoms with Gasteiger partial charge in [-0.3, -0.25) is 4.98 Å². The maximum Gasteiger partial charge on any atom is 0.337 e. The number of nitrogens with zero attached hydrogens (tertiary/aromatic N) is 1. The van der Waals surface area contributed by atoms with Crippen molar-refractivity contribution in [1.82, 2.24) is 10.3 Å². The summed E-state index contributed by atoms with van der Waals surface area (Å²) in [6.45, 7) is 1.04. The minimum Gasteiger partial charge on any atom is -0.478 e. The van der Waals surface area contributed by atoms with Gasteiger partial charge in [-0.15, -0.1) is 0 Å². The summed E-state index contributed by atoms with van der Waals surface area (Å²) in [6, 6.07) is 10.7. The predicted octanol–water partition coefficient (Wildman–Crippen LogP) is 2.72. The van der Waals surface area contributed by atoms with Crippen LogP contribution < -0.4 is 5.32 Å². The van der Waals surface area contributed by atoms with Crippen molar-refractivity contribution < 1.29 is 9.90 Å². The standard InChI is InChI=1S/C14H13ClN2O2/c15-11-5-3-10(4-6-11)8-16-9-13-12(14(18)19)2-1-7-17-13/h1-7,16H,8-9H2,(H,18,19). The molecule has 0 fully saturated rings. The van der Waals surface area contributed by atoms with Gasteiger partial charge in [-0.2, -0.15) is 0 Å². The first-order valence-corrected chi connectivity index (χ1v) is 6.17. The molecule has 0 saturated heterocycles. The quantitative estimate of drug-likeness (QED) is 0.881. The average molecular weight is 277 g/mol. The minimum atomic E-state index is -0.962. The van der Waals surface area contributed by atoms with Crippen LogP contribution in [0.4, 0.5) is 0 Å². The van der Waals surface area contributed by atoms with Gasteiger partial charge in [-0.05, 0) is 29.8 Å². The second-order valence-corrected chi connectivity index (χ2v) is 4.47. The summed E-state index contributed by atoms with van der Waals surface area (Å²) in [5, 5.41) is 12.9. The van der Waals surface area contributed by atoms with Crippen LogP contribution in [0.25, 0.3) is 0 Å². The van der Waals surface area contributed by atoms with Gasteiger partial charge in [0.05, 0.1) is 11.3 Å². The molecule has 98 valence electrons. The van der Waals surface area contributed by atoms with E-state index in [0.717, 1.165) is 5.56 Å². The van der Waals surface area contributed by atoms with Gasteiger partial charge in [-0.1, -0.05) is 23.7 Å². The molecule has 4 nitrogen and oxygen atoms in total. The zero-order valence-electron chi connectivity index (χ0n) is 10.1. The molecule has 1 aromatic heterocycles. The zero-order chi connectivity index (χ0) is 13.7. The summed E-state index contributed by atoms with van der Waals surface area (Å²) in [6.07, 6.45) is 1.59. The van der Waals surface area contributed by atoms with Crippen LogP contribution in [0.5, 0.6) is 0 Å². The lowest BCUT2D eigenvalue weighted by Crippen LogP contribution is -2.16. The van der Waals surface area contributed by atoms with Gasteiger partial charge >= 0.3 is 5.97 Å². The van der Waals surface area contributed by atoms with Crippen LogP contribution in [0.15, 0.2) is 42.6 Å². The third-order valence-electron chi connectivity index (χ3n) is 2.66. The molecular formula is C14H13ClN2O2. The van der Waals surface area contributed by atoms with Gasteiger partial charge in [0, 0.05) is 24.3 Å². The average Bonchev–Trinajstić information content (AvgIpc) is 2.41. The van der Waals surface area contributed by atoms with Crippen molar-refractivity contribution in [2.45, 2.75) is 13.1 Å². The van der Waals surface area contributed by atoms with E-state index in [9.17, 15) is 4.79 Å². The molecule has 0 bridgehead atoms. The van der Waals surface area contributed by atoms with Crippen molar-refractivity contribution in [3.8, 4) is 0 Å². The van der Waals surface area contributed by atoms with E-state index < -0.39 is 5.97 Å². The number of nitrogens with one attached hydrogen (secondary N) is 1. The maximum absolute atomic E-state index is 11.0.